The molecule has 1 aliphatic heterocycles. The predicted molar refractivity (Wildman–Crippen MR) is 117 cm³/mol. The zero-order chi connectivity index (χ0) is 21.5. The second-order valence-corrected chi connectivity index (χ2v) is 8.19. The summed E-state index contributed by atoms with van der Waals surface area (Å²) >= 11 is 3.45. The molecule has 0 spiro atoms. The van der Waals surface area contributed by atoms with E-state index in [1.165, 1.54) is 6.92 Å². The monoisotopic (exact) mass is 472 g/mol. The average Bonchev–Trinajstić information content (AvgIpc) is 2.97. The fourth-order valence-corrected chi connectivity index (χ4v) is 3.96. The lowest BCUT2D eigenvalue weighted by Gasteiger charge is -2.22. The number of esters is 1. The Morgan fingerprint density at radius 3 is 2.47 bits per heavy atom. The molecule has 0 atom stereocenters. The number of carbonyl (C=O) groups is 3. The van der Waals surface area contributed by atoms with E-state index in [0.29, 0.717) is 50.3 Å². The van der Waals surface area contributed by atoms with Crippen LogP contribution in [0.15, 0.2) is 53.0 Å². The second kappa shape index (κ2) is 10.4. The van der Waals surface area contributed by atoms with E-state index in [1.807, 2.05) is 29.2 Å². The topological polar surface area (TPSA) is 66.9 Å². The van der Waals surface area contributed by atoms with Crippen LogP contribution in [-0.4, -0.2) is 53.8 Å². The Kier molecular flexibility index (Phi) is 7.63. The van der Waals surface area contributed by atoms with E-state index in [0.717, 1.165) is 16.5 Å². The molecule has 1 saturated heterocycles. The molecule has 2 aromatic rings. The third kappa shape index (κ3) is 6.16. The van der Waals surface area contributed by atoms with E-state index >= 15 is 0 Å². The van der Waals surface area contributed by atoms with Crippen molar-refractivity contribution in [2.24, 2.45) is 0 Å². The number of ether oxygens (including phenoxy) is 1. The van der Waals surface area contributed by atoms with Gasteiger partial charge in [-0.15, -0.1) is 0 Å². The Balaban J connectivity index is 1.55. The van der Waals surface area contributed by atoms with E-state index in [9.17, 15) is 14.4 Å². The van der Waals surface area contributed by atoms with Crippen LogP contribution >= 0.6 is 15.9 Å². The number of carbonyl (C=O) groups excluding carboxylic acids is 3. The van der Waals surface area contributed by atoms with E-state index in [-0.39, 0.29) is 11.8 Å². The van der Waals surface area contributed by atoms with Crippen molar-refractivity contribution >= 4 is 33.7 Å². The zero-order valence-corrected chi connectivity index (χ0v) is 18.6. The fourth-order valence-electron chi connectivity index (χ4n) is 3.51. The van der Waals surface area contributed by atoms with Crippen LogP contribution in [0.3, 0.4) is 0 Å². The molecule has 0 unspecified atom stereocenters. The molecule has 0 aromatic heterocycles. The van der Waals surface area contributed by atoms with Gasteiger partial charge in [-0.2, -0.15) is 0 Å². The molecule has 0 saturated carbocycles. The van der Waals surface area contributed by atoms with Crippen molar-refractivity contribution in [3.8, 4) is 5.75 Å². The van der Waals surface area contributed by atoms with Gasteiger partial charge >= 0.3 is 5.97 Å². The molecule has 2 aromatic carbocycles. The molecule has 1 fully saturated rings. The van der Waals surface area contributed by atoms with Crippen LogP contribution < -0.4 is 4.74 Å². The van der Waals surface area contributed by atoms with E-state index in [2.05, 4.69) is 15.9 Å². The molecule has 3 rings (SSSR count). The number of halogens is 1. The van der Waals surface area contributed by atoms with Crippen LogP contribution in [-0.2, 0) is 16.0 Å². The SMILES string of the molecule is CC(=O)Oc1cccc(C(=O)N2CCCN(C(=O)CCc3cccc(Br)c3)CC2)c1. The Morgan fingerprint density at radius 1 is 0.967 bits per heavy atom. The molecule has 1 aliphatic rings. The summed E-state index contributed by atoms with van der Waals surface area (Å²) in [5, 5.41) is 0. The summed E-state index contributed by atoms with van der Waals surface area (Å²) in [5.41, 5.74) is 1.60. The van der Waals surface area contributed by atoms with Gasteiger partial charge in [0.2, 0.25) is 5.91 Å². The van der Waals surface area contributed by atoms with Crippen molar-refractivity contribution < 1.29 is 19.1 Å². The number of amides is 2. The highest BCUT2D eigenvalue weighted by atomic mass is 79.9. The van der Waals surface area contributed by atoms with Gasteiger partial charge in [0, 0.05) is 49.6 Å². The third-order valence-corrected chi connectivity index (χ3v) is 5.49. The number of hydrogen-bond acceptors (Lipinski definition) is 4. The molecule has 1 heterocycles. The summed E-state index contributed by atoms with van der Waals surface area (Å²) < 4.78 is 6.08. The average molecular weight is 473 g/mol. The van der Waals surface area contributed by atoms with Gasteiger partial charge < -0.3 is 14.5 Å². The lowest BCUT2D eigenvalue weighted by atomic mass is 10.1. The molecule has 0 radical (unpaired) electrons. The van der Waals surface area contributed by atoms with Gasteiger partial charge in [0.05, 0.1) is 0 Å². The van der Waals surface area contributed by atoms with E-state index < -0.39 is 5.97 Å². The summed E-state index contributed by atoms with van der Waals surface area (Å²) in [6.07, 6.45) is 1.88. The van der Waals surface area contributed by atoms with Gasteiger partial charge in [0.15, 0.2) is 0 Å². The Hall–Kier alpha value is -2.67. The third-order valence-electron chi connectivity index (χ3n) is 4.99. The van der Waals surface area contributed by atoms with Crippen LogP contribution in [0.2, 0.25) is 0 Å². The molecule has 7 heteroatoms. The molecule has 2 amide bonds. The minimum Gasteiger partial charge on any atom is -0.427 e. The van der Waals surface area contributed by atoms with E-state index in [1.54, 1.807) is 29.2 Å². The van der Waals surface area contributed by atoms with Crippen molar-refractivity contribution in [3.63, 3.8) is 0 Å². The number of benzene rings is 2. The van der Waals surface area contributed by atoms with Gasteiger partial charge in [-0.25, -0.2) is 0 Å². The predicted octanol–water partition coefficient (Wildman–Crippen LogP) is 3.68. The second-order valence-electron chi connectivity index (χ2n) is 7.28. The van der Waals surface area contributed by atoms with Crippen molar-refractivity contribution in [2.45, 2.75) is 26.2 Å². The Labute approximate surface area is 184 Å². The number of hydrogen-bond donors (Lipinski definition) is 0. The highest BCUT2D eigenvalue weighted by molar-refractivity contribution is 9.10. The lowest BCUT2D eigenvalue weighted by molar-refractivity contribution is -0.132. The van der Waals surface area contributed by atoms with Crippen molar-refractivity contribution in [2.75, 3.05) is 26.2 Å². The van der Waals surface area contributed by atoms with Gasteiger partial charge in [-0.1, -0.05) is 34.1 Å². The van der Waals surface area contributed by atoms with Crippen LogP contribution in [0, 0.1) is 0 Å². The van der Waals surface area contributed by atoms with Crippen molar-refractivity contribution in [3.05, 3.63) is 64.1 Å². The standard InChI is InChI=1S/C23H25BrN2O4/c1-17(27)30-21-8-3-6-19(16-21)23(29)26-12-4-11-25(13-14-26)22(28)10-9-18-5-2-7-20(24)15-18/h2-3,5-8,15-16H,4,9-14H2,1H3. The Morgan fingerprint density at radius 2 is 1.70 bits per heavy atom. The summed E-state index contributed by atoms with van der Waals surface area (Å²) in [5.74, 6) is -0.0764. The summed E-state index contributed by atoms with van der Waals surface area (Å²) in [7, 11) is 0. The molecular weight excluding hydrogens is 448 g/mol. The van der Waals surface area contributed by atoms with Crippen LogP contribution in [0.1, 0.15) is 35.7 Å². The maximum Gasteiger partial charge on any atom is 0.308 e. The number of aryl methyl sites for hydroxylation is 1. The summed E-state index contributed by atoms with van der Waals surface area (Å²) in [4.78, 5) is 40.3. The number of rotatable bonds is 5. The molecule has 6 nitrogen and oxygen atoms in total. The van der Waals surface area contributed by atoms with Crippen molar-refractivity contribution in [1.82, 2.24) is 9.80 Å². The quantitative estimate of drug-likeness (QED) is 0.491. The normalized spacial score (nSPS) is 14.2. The van der Waals surface area contributed by atoms with Gasteiger partial charge in [0.25, 0.3) is 5.91 Å². The largest absolute Gasteiger partial charge is 0.427 e. The first-order chi connectivity index (χ1) is 14.4. The lowest BCUT2D eigenvalue weighted by Crippen LogP contribution is -2.37. The summed E-state index contributed by atoms with van der Waals surface area (Å²) in [6.45, 7) is 3.57. The molecular formula is C23H25BrN2O4. The summed E-state index contributed by atoms with van der Waals surface area (Å²) in [6, 6.07) is 14.6. The highest BCUT2D eigenvalue weighted by Gasteiger charge is 2.23. The van der Waals surface area contributed by atoms with Gasteiger partial charge in [-0.05, 0) is 48.7 Å². The zero-order valence-electron chi connectivity index (χ0n) is 17.0. The first kappa shape index (κ1) is 22.0. The minimum atomic E-state index is -0.425. The molecule has 0 N–H and O–H groups in total. The highest BCUT2D eigenvalue weighted by Crippen LogP contribution is 2.17. The van der Waals surface area contributed by atoms with E-state index in [4.69, 9.17) is 4.74 Å². The maximum atomic E-state index is 12.9. The Bertz CT molecular complexity index is 931. The van der Waals surface area contributed by atoms with Crippen LogP contribution in [0.5, 0.6) is 5.75 Å². The number of nitrogens with zero attached hydrogens (tertiary/aromatic N) is 2. The molecule has 30 heavy (non-hydrogen) atoms. The van der Waals surface area contributed by atoms with Gasteiger partial charge in [0.1, 0.15) is 5.75 Å². The smallest absolute Gasteiger partial charge is 0.308 e. The van der Waals surface area contributed by atoms with Crippen LogP contribution in [0.25, 0.3) is 0 Å². The maximum absolute atomic E-state index is 12.9. The first-order valence-corrected chi connectivity index (χ1v) is 10.8. The van der Waals surface area contributed by atoms with Gasteiger partial charge in [-0.3, -0.25) is 14.4 Å². The fraction of sp³-hybridized carbons (Fsp3) is 0.348. The first-order valence-electron chi connectivity index (χ1n) is 10.0. The molecule has 0 bridgehead atoms. The van der Waals surface area contributed by atoms with Crippen LogP contribution in [0.4, 0.5) is 0 Å². The van der Waals surface area contributed by atoms with Crippen molar-refractivity contribution in [1.29, 1.82) is 0 Å². The minimum absolute atomic E-state index is 0.112. The molecule has 158 valence electrons. The molecule has 0 aliphatic carbocycles.